The average molecular weight is 432 g/mol. The smallest absolute Gasteiger partial charge is 0.286 e. The highest BCUT2D eigenvalue weighted by Crippen LogP contribution is 2.34. The van der Waals surface area contributed by atoms with Crippen LogP contribution in [0.4, 0.5) is 0 Å². The number of rotatable bonds is 3. The second kappa shape index (κ2) is 8.73. The van der Waals surface area contributed by atoms with Crippen LogP contribution in [0.1, 0.15) is 18.1 Å². The Balaban J connectivity index is 1.22. The summed E-state index contributed by atoms with van der Waals surface area (Å²) in [5.41, 5.74) is 3.37. The molecule has 1 fully saturated rings. The van der Waals surface area contributed by atoms with Gasteiger partial charge in [0.1, 0.15) is 11.9 Å². The third kappa shape index (κ3) is 4.45. The van der Waals surface area contributed by atoms with E-state index < -0.39 is 0 Å². The van der Waals surface area contributed by atoms with Crippen molar-refractivity contribution in [3.8, 4) is 5.75 Å². The van der Waals surface area contributed by atoms with Crippen LogP contribution in [0.5, 0.6) is 5.75 Å². The number of nitrogens with zero attached hydrogens (tertiary/aromatic N) is 3. The number of para-hydroxylation sites is 1. The first-order valence-electron chi connectivity index (χ1n) is 10.7. The Kier molecular flexibility index (Phi) is 5.66. The number of aliphatic imine (C=N–C) groups is 1. The number of hydrogen-bond acceptors (Lipinski definition) is 5. The van der Waals surface area contributed by atoms with Crippen LogP contribution in [-0.2, 0) is 11.3 Å². The highest BCUT2D eigenvalue weighted by molar-refractivity contribution is 8.18. The first-order valence-corrected chi connectivity index (χ1v) is 11.5. The zero-order valence-corrected chi connectivity index (χ0v) is 18.3. The second-order valence-corrected chi connectivity index (χ2v) is 9.01. The quantitative estimate of drug-likeness (QED) is 0.682. The Labute approximate surface area is 187 Å². The van der Waals surface area contributed by atoms with E-state index in [0.29, 0.717) is 4.91 Å². The van der Waals surface area contributed by atoms with E-state index in [1.54, 1.807) is 0 Å². The Morgan fingerprint density at radius 2 is 1.81 bits per heavy atom. The molecule has 3 heterocycles. The molecule has 1 saturated heterocycles. The van der Waals surface area contributed by atoms with Crippen LogP contribution in [0.2, 0.25) is 0 Å². The maximum absolute atomic E-state index is 12.6. The fraction of sp³-hybridized carbons (Fsp3) is 0.280. The second-order valence-electron chi connectivity index (χ2n) is 8.00. The number of amidine groups is 1. The van der Waals surface area contributed by atoms with E-state index >= 15 is 0 Å². The van der Waals surface area contributed by atoms with Gasteiger partial charge in [0.2, 0.25) is 0 Å². The summed E-state index contributed by atoms with van der Waals surface area (Å²) in [7, 11) is 0. The standard InChI is InChI=1S/C25H25N3O2S/c1-18-21(15-20-9-5-6-10-22(20)30-18)16-23-24(29)26-25(31-23)28-13-11-27(12-14-28)17-19-7-3-2-4-8-19/h2-10,15-16,18H,11-14,17H2,1H3. The van der Waals surface area contributed by atoms with Gasteiger partial charge in [-0.2, -0.15) is 4.99 Å². The summed E-state index contributed by atoms with van der Waals surface area (Å²) in [5, 5.41) is 0.820. The lowest BCUT2D eigenvalue weighted by Crippen LogP contribution is -2.47. The van der Waals surface area contributed by atoms with Crippen LogP contribution < -0.4 is 4.74 Å². The van der Waals surface area contributed by atoms with Crippen molar-refractivity contribution in [3.05, 3.63) is 82.3 Å². The van der Waals surface area contributed by atoms with E-state index in [2.05, 4.69) is 45.1 Å². The van der Waals surface area contributed by atoms with E-state index in [-0.39, 0.29) is 12.0 Å². The van der Waals surface area contributed by atoms with E-state index in [4.69, 9.17) is 4.74 Å². The number of fused-ring (bicyclic) bond motifs is 1. The lowest BCUT2D eigenvalue weighted by atomic mass is 10.0. The fourth-order valence-electron chi connectivity index (χ4n) is 4.05. The monoisotopic (exact) mass is 431 g/mol. The van der Waals surface area contributed by atoms with Crippen LogP contribution in [0.25, 0.3) is 6.08 Å². The summed E-state index contributed by atoms with van der Waals surface area (Å²) in [5.74, 6) is 0.728. The predicted molar refractivity (Wildman–Crippen MR) is 126 cm³/mol. The summed E-state index contributed by atoms with van der Waals surface area (Å²) in [6.07, 6.45) is 3.95. The van der Waals surface area contributed by atoms with Gasteiger partial charge in [-0.3, -0.25) is 9.69 Å². The van der Waals surface area contributed by atoms with Crippen molar-refractivity contribution in [2.45, 2.75) is 19.6 Å². The van der Waals surface area contributed by atoms with Crippen molar-refractivity contribution in [2.24, 2.45) is 4.99 Å². The minimum atomic E-state index is -0.154. The molecule has 2 aromatic rings. The lowest BCUT2D eigenvalue weighted by molar-refractivity contribution is -0.113. The van der Waals surface area contributed by atoms with E-state index in [1.165, 1.54) is 17.3 Å². The van der Waals surface area contributed by atoms with Gasteiger partial charge in [-0.1, -0.05) is 48.5 Å². The summed E-state index contributed by atoms with van der Waals surface area (Å²) in [6.45, 7) is 6.68. The van der Waals surface area contributed by atoms with Gasteiger partial charge in [0, 0.05) is 38.3 Å². The van der Waals surface area contributed by atoms with Crippen LogP contribution in [0, 0.1) is 0 Å². The predicted octanol–water partition coefficient (Wildman–Crippen LogP) is 4.18. The highest BCUT2D eigenvalue weighted by Gasteiger charge is 2.29. The van der Waals surface area contributed by atoms with Gasteiger partial charge in [0.05, 0.1) is 4.91 Å². The minimum absolute atomic E-state index is 0.0959. The molecule has 158 valence electrons. The summed E-state index contributed by atoms with van der Waals surface area (Å²) in [6, 6.07) is 18.5. The first kappa shape index (κ1) is 20.1. The molecule has 3 aliphatic heterocycles. The minimum Gasteiger partial charge on any atom is -0.485 e. The molecule has 5 rings (SSSR count). The summed E-state index contributed by atoms with van der Waals surface area (Å²) >= 11 is 1.48. The maximum Gasteiger partial charge on any atom is 0.286 e. The molecule has 0 N–H and O–H groups in total. The molecule has 31 heavy (non-hydrogen) atoms. The molecule has 5 nitrogen and oxygen atoms in total. The molecule has 0 radical (unpaired) electrons. The van der Waals surface area contributed by atoms with Crippen molar-refractivity contribution in [1.29, 1.82) is 0 Å². The van der Waals surface area contributed by atoms with Gasteiger partial charge in [0.25, 0.3) is 5.91 Å². The number of amides is 1. The molecule has 3 aliphatic rings. The third-order valence-corrected chi connectivity index (χ3v) is 6.86. The Bertz CT molecular complexity index is 1070. The van der Waals surface area contributed by atoms with Crippen molar-refractivity contribution in [1.82, 2.24) is 9.80 Å². The number of carbonyl (C=O) groups is 1. The normalized spacial score (nSPS) is 22.7. The molecule has 0 bridgehead atoms. The van der Waals surface area contributed by atoms with Gasteiger partial charge in [-0.15, -0.1) is 0 Å². The molecule has 1 amide bonds. The van der Waals surface area contributed by atoms with Crippen molar-refractivity contribution in [2.75, 3.05) is 26.2 Å². The molecule has 1 atom stereocenters. The average Bonchev–Trinajstić information content (AvgIpc) is 3.16. The number of thioether (sulfide) groups is 1. The van der Waals surface area contributed by atoms with E-state index in [1.807, 2.05) is 43.3 Å². The summed E-state index contributed by atoms with van der Waals surface area (Å²) in [4.78, 5) is 22.3. The molecule has 0 aliphatic carbocycles. The van der Waals surface area contributed by atoms with Gasteiger partial charge < -0.3 is 9.64 Å². The van der Waals surface area contributed by atoms with Crippen molar-refractivity contribution < 1.29 is 9.53 Å². The van der Waals surface area contributed by atoms with Crippen molar-refractivity contribution >= 4 is 28.9 Å². The molecule has 1 unspecified atom stereocenters. The fourth-order valence-corrected chi connectivity index (χ4v) is 5.01. The topological polar surface area (TPSA) is 45.1 Å². The van der Waals surface area contributed by atoms with Crippen LogP contribution in [-0.4, -0.2) is 53.2 Å². The van der Waals surface area contributed by atoms with Crippen molar-refractivity contribution in [3.63, 3.8) is 0 Å². The largest absolute Gasteiger partial charge is 0.485 e. The van der Waals surface area contributed by atoms with Gasteiger partial charge in [-0.25, -0.2) is 0 Å². The van der Waals surface area contributed by atoms with Gasteiger partial charge >= 0.3 is 0 Å². The molecule has 0 saturated carbocycles. The molecule has 0 aromatic heterocycles. The SMILES string of the molecule is CC1Oc2ccccc2C=C1C=C1SC(N2CCN(Cc3ccccc3)CC2)=NC1=O. The number of benzene rings is 2. The number of carbonyl (C=O) groups excluding carboxylic acids is 1. The lowest BCUT2D eigenvalue weighted by Gasteiger charge is -2.35. The zero-order valence-electron chi connectivity index (χ0n) is 17.5. The summed E-state index contributed by atoms with van der Waals surface area (Å²) < 4.78 is 6.01. The third-order valence-electron chi connectivity index (χ3n) is 5.81. The van der Waals surface area contributed by atoms with Gasteiger partial charge in [0.15, 0.2) is 5.17 Å². The maximum atomic E-state index is 12.6. The van der Waals surface area contributed by atoms with Crippen LogP contribution in [0.3, 0.4) is 0 Å². The van der Waals surface area contributed by atoms with E-state index in [0.717, 1.165) is 54.8 Å². The Morgan fingerprint density at radius 3 is 2.61 bits per heavy atom. The number of hydrogen-bond donors (Lipinski definition) is 0. The molecule has 6 heteroatoms. The van der Waals surface area contributed by atoms with Crippen LogP contribution >= 0.6 is 11.8 Å². The molecule has 2 aromatic carbocycles. The Hall–Kier alpha value is -2.83. The molecule has 0 spiro atoms. The van der Waals surface area contributed by atoms with E-state index in [9.17, 15) is 4.79 Å². The van der Waals surface area contributed by atoms with Crippen LogP contribution in [0.15, 0.2) is 76.1 Å². The number of piperazine rings is 1. The Morgan fingerprint density at radius 1 is 1.06 bits per heavy atom. The number of ether oxygens (including phenoxy) is 1. The zero-order chi connectivity index (χ0) is 21.2. The molecular formula is C25H25N3O2S. The molecular weight excluding hydrogens is 406 g/mol. The first-order chi connectivity index (χ1) is 15.2. The highest BCUT2D eigenvalue weighted by atomic mass is 32.2. The van der Waals surface area contributed by atoms with Gasteiger partial charge in [-0.05, 0) is 48.0 Å².